The minimum atomic E-state index is -0.245. The van der Waals surface area contributed by atoms with Gasteiger partial charge < -0.3 is 10.5 Å². The molecule has 0 amide bonds. The Kier molecular flexibility index (Phi) is 5.63. The molecule has 1 aromatic carbocycles. The highest BCUT2D eigenvalue weighted by atomic mass is 32.2. The van der Waals surface area contributed by atoms with Crippen LogP contribution in [0, 0.1) is 0 Å². The lowest BCUT2D eigenvalue weighted by Crippen LogP contribution is -2.04. The SMILES string of the molecule is CCC(=CCSc1ccc(N)cc1)C(=O)OC. The van der Waals surface area contributed by atoms with E-state index in [9.17, 15) is 4.79 Å². The monoisotopic (exact) mass is 251 g/mol. The third kappa shape index (κ3) is 4.53. The van der Waals surface area contributed by atoms with Crippen molar-refractivity contribution in [3.63, 3.8) is 0 Å². The third-order valence-electron chi connectivity index (χ3n) is 2.29. The Bertz CT molecular complexity index is 398. The molecular formula is C13H17NO2S. The predicted molar refractivity (Wildman–Crippen MR) is 72.0 cm³/mol. The first-order valence-electron chi connectivity index (χ1n) is 5.43. The highest BCUT2D eigenvalue weighted by molar-refractivity contribution is 7.99. The lowest BCUT2D eigenvalue weighted by atomic mass is 10.2. The summed E-state index contributed by atoms with van der Waals surface area (Å²) in [6, 6.07) is 7.68. The van der Waals surface area contributed by atoms with Crippen LogP contribution in [0.2, 0.25) is 0 Å². The van der Waals surface area contributed by atoms with Gasteiger partial charge >= 0.3 is 5.97 Å². The number of benzene rings is 1. The Hall–Kier alpha value is -1.42. The summed E-state index contributed by atoms with van der Waals surface area (Å²) in [6.07, 6.45) is 2.60. The molecule has 0 heterocycles. The van der Waals surface area contributed by atoms with Gasteiger partial charge in [-0.05, 0) is 30.7 Å². The number of esters is 1. The van der Waals surface area contributed by atoms with Gasteiger partial charge in [-0.3, -0.25) is 0 Å². The Balaban J connectivity index is 2.53. The molecule has 0 aromatic heterocycles. The fourth-order valence-electron chi connectivity index (χ4n) is 1.31. The molecule has 2 N–H and O–H groups in total. The van der Waals surface area contributed by atoms with Gasteiger partial charge in [-0.25, -0.2) is 4.79 Å². The van der Waals surface area contributed by atoms with Gasteiger partial charge in [0.15, 0.2) is 0 Å². The first-order chi connectivity index (χ1) is 8.17. The van der Waals surface area contributed by atoms with E-state index in [0.29, 0.717) is 6.42 Å². The molecule has 17 heavy (non-hydrogen) atoms. The molecule has 0 saturated heterocycles. The summed E-state index contributed by atoms with van der Waals surface area (Å²) in [5.41, 5.74) is 7.08. The number of hydrogen-bond donors (Lipinski definition) is 1. The van der Waals surface area contributed by atoms with Crippen molar-refractivity contribution in [3.05, 3.63) is 35.9 Å². The van der Waals surface area contributed by atoms with Crippen LogP contribution in [0.4, 0.5) is 5.69 Å². The molecule has 0 radical (unpaired) electrons. The first kappa shape index (κ1) is 13.6. The summed E-state index contributed by atoms with van der Waals surface area (Å²) in [4.78, 5) is 12.4. The molecule has 0 bridgehead atoms. The number of nitrogen functional groups attached to an aromatic ring is 1. The molecule has 0 atom stereocenters. The molecule has 0 saturated carbocycles. The second-order valence-corrected chi connectivity index (χ2v) is 4.55. The van der Waals surface area contributed by atoms with Gasteiger partial charge in [-0.2, -0.15) is 0 Å². The van der Waals surface area contributed by atoms with Crippen LogP contribution in [0.25, 0.3) is 0 Å². The number of rotatable bonds is 5. The number of carbonyl (C=O) groups excluding carboxylic acids is 1. The fourth-order valence-corrected chi connectivity index (χ4v) is 2.11. The summed E-state index contributed by atoms with van der Waals surface area (Å²) in [7, 11) is 1.40. The maximum atomic E-state index is 11.3. The van der Waals surface area contributed by atoms with Gasteiger partial charge in [-0.1, -0.05) is 13.0 Å². The van der Waals surface area contributed by atoms with Gasteiger partial charge in [0.05, 0.1) is 7.11 Å². The standard InChI is InChI=1S/C13H17NO2S/c1-3-10(13(15)16-2)8-9-17-12-6-4-11(14)5-7-12/h4-8H,3,9,14H2,1-2H3. The van der Waals surface area contributed by atoms with E-state index >= 15 is 0 Å². The highest BCUT2D eigenvalue weighted by Crippen LogP contribution is 2.20. The zero-order valence-corrected chi connectivity index (χ0v) is 10.9. The van der Waals surface area contributed by atoms with E-state index in [-0.39, 0.29) is 5.97 Å². The smallest absolute Gasteiger partial charge is 0.333 e. The molecular weight excluding hydrogens is 234 g/mol. The second-order valence-electron chi connectivity index (χ2n) is 3.45. The normalized spacial score (nSPS) is 11.3. The van der Waals surface area contributed by atoms with Crippen LogP contribution >= 0.6 is 11.8 Å². The van der Waals surface area contributed by atoms with Gasteiger partial charge in [-0.15, -0.1) is 11.8 Å². The zero-order valence-electron chi connectivity index (χ0n) is 10.1. The Morgan fingerprint density at radius 1 is 1.41 bits per heavy atom. The Morgan fingerprint density at radius 2 is 2.06 bits per heavy atom. The molecule has 1 aromatic rings. The van der Waals surface area contributed by atoms with E-state index in [2.05, 4.69) is 4.74 Å². The average molecular weight is 251 g/mol. The van der Waals surface area contributed by atoms with Crippen molar-refractivity contribution in [1.29, 1.82) is 0 Å². The summed E-state index contributed by atoms with van der Waals surface area (Å²) in [5.74, 6) is 0.507. The minimum Gasteiger partial charge on any atom is -0.466 e. The molecule has 0 spiro atoms. The van der Waals surface area contributed by atoms with Crippen molar-refractivity contribution in [2.75, 3.05) is 18.6 Å². The quantitative estimate of drug-likeness (QED) is 0.378. The van der Waals surface area contributed by atoms with Crippen LogP contribution < -0.4 is 5.73 Å². The van der Waals surface area contributed by atoms with Crippen LogP contribution in [0.15, 0.2) is 40.8 Å². The zero-order chi connectivity index (χ0) is 12.7. The predicted octanol–water partition coefficient (Wildman–Crippen LogP) is 2.87. The molecule has 0 fully saturated rings. The van der Waals surface area contributed by atoms with Crippen LogP contribution in [0.1, 0.15) is 13.3 Å². The molecule has 0 aliphatic carbocycles. The number of nitrogens with two attached hydrogens (primary N) is 1. The first-order valence-corrected chi connectivity index (χ1v) is 6.41. The number of methoxy groups -OCH3 is 1. The number of ether oxygens (including phenoxy) is 1. The maximum Gasteiger partial charge on any atom is 0.333 e. The highest BCUT2D eigenvalue weighted by Gasteiger charge is 2.05. The van der Waals surface area contributed by atoms with Crippen molar-refractivity contribution in [3.8, 4) is 0 Å². The van der Waals surface area contributed by atoms with Gasteiger partial charge in [0.2, 0.25) is 0 Å². The van der Waals surface area contributed by atoms with Gasteiger partial charge in [0, 0.05) is 21.9 Å². The van der Waals surface area contributed by atoms with Crippen LogP contribution in [-0.4, -0.2) is 18.8 Å². The van der Waals surface area contributed by atoms with Gasteiger partial charge in [0.1, 0.15) is 0 Å². The topological polar surface area (TPSA) is 52.3 Å². The van der Waals surface area contributed by atoms with E-state index in [1.54, 1.807) is 11.8 Å². The Labute approximate surface area is 106 Å². The second kappa shape index (κ2) is 7.01. The summed E-state index contributed by atoms with van der Waals surface area (Å²) < 4.78 is 4.69. The van der Waals surface area contributed by atoms with E-state index in [1.165, 1.54) is 7.11 Å². The van der Waals surface area contributed by atoms with E-state index in [4.69, 9.17) is 5.73 Å². The maximum absolute atomic E-state index is 11.3. The fraction of sp³-hybridized carbons (Fsp3) is 0.308. The summed E-state index contributed by atoms with van der Waals surface area (Å²) >= 11 is 1.66. The molecule has 4 heteroatoms. The van der Waals surface area contributed by atoms with Crippen molar-refractivity contribution >= 4 is 23.4 Å². The average Bonchev–Trinajstić information content (AvgIpc) is 2.36. The molecule has 0 aliphatic heterocycles. The number of carbonyl (C=O) groups is 1. The van der Waals surface area contributed by atoms with Crippen molar-refractivity contribution in [2.45, 2.75) is 18.2 Å². The minimum absolute atomic E-state index is 0.245. The molecule has 3 nitrogen and oxygen atoms in total. The van der Waals surface area contributed by atoms with Crippen molar-refractivity contribution in [1.82, 2.24) is 0 Å². The van der Waals surface area contributed by atoms with Crippen LogP contribution in [0.3, 0.4) is 0 Å². The molecule has 1 rings (SSSR count). The third-order valence-corrected chi connectivity index (χ3v) is 3.23. The number of hydrogen-bond acceptors (Lipinski definition) is 4. The lowest BCUT2D eigenvalue weighted by molar-refractivity contribution is -0.136. The van der Waals surface area contributed by atoms with Crippen LogP contribution in [-0.2, 0) is 9.53 Å². The summed E-state index contributed by atoms with van der Waals surface area (Å²) in [6.45, 7) is 1.94. The van der Waals surface area contributed by atoms with Crippen molar-refractivity contribution in [2.24, 2.45) is 0 Å². The van der Waals surface area contributed by atoms with Crippen LogP contribution in [0.5, 0.6) is 0 Å². The van der Waals surface area contributed by atoms with Crippen molar-refractivity contribution < 1.29 is 9.53 Å². The largest absolute Gasteiger partial charge is 0.466 e. The van der Waals surface area contributed by atoms with E-state index in [1.807, 2.05) is 37.3 Å². The van der Waals surface area contributed by atoms with E-state index in [0.717, 1.165) is 21.9 Å². The van der Waals surface area contributed by atoms with E-state index < -0.39 is 0 Å². The lowest BCUT2D eigenvalue weighted by Gasteiger charge is -2.02. The molecule has 0 aliphatic rings. The number of anilines is 1. The number of thioether (sulfide) groups is 1. The molecule has 0 unspecified atom stereocenters. The summed E-state index contributed by atoms with van der Waals surface area (Å²) in [5, 5.41) is 0. The van der Waals surface area contributed by atoms with Gasteiger partial charge in [0.25, 0.3) is 0 Å². The molecule has 92 valence electrons. The Morgan fingerprint density at radius 3 is 2.59 bits per heavy atom.